The molecule has 1 nitrogen and oxygen atoms in total. The number of ether oxygens (including phenoxy) is 1. The van der Waals surface area contributed by atoms with Gasteiger partial charge in [-0.25, -0.2) is 0 Å². The predicted octanol–water partition coefficient (Wildman–Crippen LogP) is 5.46. The first kappa shape index (κ1) is 14.8. The van der Waals surface area contributed by atoms with E-state index in [1.807, 2.05) is 0 Å². The van der Waals surface area contributed by atoms with Crippen LogP contribution in [0.25, 0.3) is 0 Å². The van der Waals surface area contributed by atoms with Crippen molar-refractivity contribution in [2.45, 2.75) is 89.8 Å². The molecule has 0 aromatic heterocycles. The fourth-order valence-electron chi connectivity index (χ4n) is 3.87. The largest absolute Gasteiger partial charge is 0.372 e. The normalized spacial score (nSPS) is 27.8. The molecule has 2 fully saturated rings. The fraction of sp³-hybridized carbons (Fsp3) is 1.00. The Hall–Kier alpha value is 0.440. The first-order valence-corrected chi connectivity index (χ1v) is 9.03. The smallest absolute Gasteiger partial charge is 0.0687 e. The van der Waals surface area contributed by atoms with Gasteiger partial charge in [0.05, 0.1) is 11.7 Å². The highest BCUT2D eigenvalue weighted by molar-refractivity contribution is 9.09. The van der Waals surface area contributed by atoms with Crippen molar-refractivity contribution in [3.8, 4) is 0 Å². The van der Waals surface area contributed by atoms with Crippen molar-refractivity contribution in [3.63, 3.8) is 0 Å². The van der Waals surface area contributed by atoms with Gasteiger partial charge in [-0.15, -0.1) is 0 Å². The van der Waals surface area contributed by atoms with Crippen molar-refractivity contribution < 1.29 is 4.74 Å². The Labute approximate surface area is 121 Å². The summed E-state index contributed by atoms with van der Waals surface area (Å²) in [5.74, 6) is 0. The molecule has 1 heterocycles. The van der Waals surface area contributed by atoms with E-state index in [9.17, 15) is 0 Å². The molecule has 2 aliphatic rings. The predicted molar refractivity (Wildman–Crippen MR) is 81.3 cm³/mol. The Morgan fingerprint density at radius 3 is 2.33 bits per heavy atom. The van der Waals surface area contributed by atoms with Crippen molar-refractivity contribution in [1.82, 2.24) is 0 Å². The summed E-state index contributed by atoms with van der Waals surface area (Å²) in [5.41, 5.74) is 0.757. The van der Waals surface area contributed by atoms with E-state index in [0.717, 1.165) is 5.33 Å². The summed E-state index contributed by atoms with van der Waals surface area (Å²) in [6.07, 6.45) is 13.8. The van der Waals surface area contributed by atoms with Gasteiger partial charge in [0.15, 0.2) is 0 Å². The molecule has 0 radical (unpaired) electrons. The highest BCUT2D eigenvalue weighted by Crippen LogP contribution is 2.46. The van der Waals surface area contributed by atoms with Gasteiger partial charge >= 0.3 is 0 Å². The average molecular weight is 317 g/mol. The zero-order chi connectivity index (χ0) is 13.1. The molecule has 2 rings (SSSR count). The van der Waals surface area contributed by atoms with Crippen molar-refractivity contribution in [2.24, 2.45) is 5.41 Å². The van der Waals surface area contributed by atoms with Crippen LogP contribution in [0.5, 0.6) is 0 Å². The minimum Gasteiger partial charge on any atom is -0.372 e. The highest BCUT2D eigenvalue weighted by atomic mass is 79.9. The molecule has 1 atom stereocenters. The number of rotatable bonds is 5. The van der Waals surface area contributed by atoms with E-state index in [1.165, 1.54) is 64.2 Å². The Bertz CT molecular complexity index is 246. The number of halogens is 1. The van der Waals surface area contributed by atoms with E-state index in [-0.39, 0.29) is 0 Å². The summed E-state index contributed by atoms with van der Waals surface area (Å²) in [6.45, 7) is 4.66. The summed E-state index contributed by atoms with van der Waals surface area (Å²) in [7, 11) is 0. The molecule has 0 aromatic rings. The first-order valence-electron chi connectivity index (χ1n) is 7.91. The van der Waals surface area contributed by atoms with Crippen LogP contribution in [-0.2, 0) is 4.74 Å². The molecule has 18 heavy (non-hydrogen) atoms. The van der Waals surface area contributed by atoms with Gasteiger partial charge in [0, 0.05) is 5.33 Å². The first-order chi connectivity index (χ1) is 8.67. The van der Waals surface area contributed by atoms with Gasteiger partial charge in [0.25, 0.3) is 0 Å². The molecule has 0 N–H and O–H groups in total. The third kappa shape index (κ3) is 3.12. The van der Waals surface area contributed by atoms with E-state index >= 15 is 0 Å². The molecular weight excluding hydrogens is 288 g/mol. The van der Waals surface area contributed by atoms with Crippen molar-refractivity contribution >= 4 is 15.9 Å². The molecule has 1 aliphatic carbocycles. The summed E-state index contributed by atoms with van der Waals surface area (Å²) >= 11 is 3.73. The van der Waals surface area contributed by atoms with E-state index in [4.69, 9.17) is 4.74 Å². The highest BCUT2D eigenvalue weighted by Gasteiger charge is 2.42. The SMILES string of the molecule is CCC(CC)(CBr)CC1CCC2(CCCCC2)O1. The van der Waals surface area contributed by atoms with Crippen molar-refractivity contribution in [1.29, 1.82) is 0 Å². The molecule has 1 unspecified atom stereocenters. The van der Waals surface area contributed by atoms with Crippen LogP contribution in [0, 0.1) is 5.41 Å². The van der Waals surface area contributed by atoms with Gasteiger partial charge in [-0.05, 0) is 50.4 Å². The zero-order valence-corrected chi connectivity index (χ0v) is 13.7. The summed E-state index contributed by atoms with van der Waals surface area (Å²) < 4.78 is 6.53. The van der Waals surface area contributed by atoms with Crippen LogP contribution in [0.2, 0.25) is 0 Å². The van der Waals surface area contributed by atoms with E-state index < -0.39 is 0 Å². The topological polar surface area (TPSA) is 9.23 Å². The lowest BCUT2D eigenvalue weighted by Gasteiger charge is -2.36. The Kier molecular flexibility index (Phi) is 5.16. The van der Waals surface area contributed by atoms with Crippen LogP contribution in [-0.4, -0.2) is 17.0 Å². The molecule has 0 amide bonds. The Balaban J connectivity index is 1.92. The molecule has 0 aromatic carbocycles. The number of hydrogen-bond donors (Lipinski definition) is 0. The minimum atomic E-state index is 0.294. The monoisotopic (exact) mass is 316 g/mol. The van der Waals surface area contributed by atoms with Crippen molar-refractivity contribution in [2.75, 3.05) is 5.33 Å². The Morgan fingerprint density at radius 2 is 1.78 bits per heavy atom. The van der Waals surface area contributed by atoms with E-state index in [2.05, 4.69) is 29.8 Å². The molecule has 1 aliphatic heterocycles. The van der Waals surface area contributed by atoms with Gasteiger partial charge in [0.1, 0.15) is 0 Å². The second-order valence-corrected chi connectivity index (χ2v) is 7.13. The lowest BCUT2D eigenvalue weighted by atomic mass is 9.78. The quantitative estimate of drug-likeness (QED) is 0.612. The molecule has 0 bridgehead atoms. The molecular formula is C16H29BrO. The lowest BCUT2D eigenvalue weighted by molar-refractivity contribution is -0.0759. The minimum absolute atomic E-state index is 0.294. The van der Waals surface area contributed by atoms with Crippen LogP contribution in [0.1, 0.15) is 78.1 Å². The summed E-state index contributed by atoms with van der Waals surface area (Å²) in [4.78, 5) is 0. The second-order valence-electron chi connectivity index (χ2n) is 6.57. The zero-order valence-electron chi connectivity index (χ0n) is 12.1. The maximum absolute atomic E-state index is 6.53. The van der Waals surface area contributed by atoms with Gasteiger partial charge in [-0.2, -0.15) is 0 Å². The van der Waals surface area contributed by atoms with E-state index in [1.54, 1.807) is 0 Å². The third-order valence-corrected chi connectivity index (χ3v) is 6.74. The molecule has 106 valence electrons. The van der Waals surface area contributed by atoms with Crippen LogP contribution >= 0.6 is 15.9 Å². The maximum atomic E-state index is 6.53. The molecule has 1 saturated heterocycles. The van der Waals surface area contributed by atoms with Crippen LogP contribution in [0.3, 0.4) is 0 Å². The van der Waals surface area contributed by atoms with Gasteiger partial charge in [-0.1, -0.05) is 49.0 Å². The average Bonchev–Trinajstić information content (AvgIpc) is 2.79. The van der Waals surface area contributed by atoms with Gasteiger partial charge in [-0.3, -0.25) is 0 Å². The second kappa shape index (κ2) is 6.26. The van der Waals surface area contributed by atoms with Gasteiger partial charge < -0.3 is 4.74 Å². The van der Waals surface area contributed by atoms with Crippen LogP contribution in [0.15, 0.2) is 0 Å². The van der Waals surface area contributed by atoms with Crippen LogP contribution in [0.4, 0.5) is 0 Å². The van der Waals surface area contributed by atoms with Crippen LogP contribution < -0.4 is 0 Å². The summed E-state index contributed by atoms with van der Waals surface area (Å²) in [5, 5.41) is 1.12. The summed E-state index contributed by atoms with van der Waals surface area (Å²) in [6, 6.07) is 0. The third-order valence-electron chi connectivity index (χ3n) is 5.55. The Morgan fingerprint density at radius 1 is 1.11 bits per heavy atom. The maximum Gasteiger partial charge on any atom is 0.0687 e. The molecule has 1 spiro atoms. The van der Waals surface area contributed by atoms with Gasteiger partial charge in [0.2, 0.25) is 0 Å². The lowest BCUT2D eigenvalue weighted by Crippen LogP contribution is -2.33. The van der Waals surface area contributed by atoms with Crippen molar-refractivity contribution in [3.05, 3.63) is 0 Å². The van der Waals surface area contributed by atoms with E-state index in [0.29, 0.717) is 17.1 Å². The number of alkyl halides is 1. The fourth-order valence-corrected chi connectivity index (χ4v) is 4.89. The molecule has 2 heteroatoms. The standard InChI is InChI=1S/C16H29BrO/c1-3-15(4-2,13-17)12-14-8-11-16(18-14)9-6-5-7-10-16/h14H,3-13H2,1-2H3. The molecule has 1 saturated carbocycles. The number of hydrogen-bond acceptors (Lipinski definition) is 1.